The number of rotatable bonds is 4. The van der Waals surface area contributed by atoms with Gasteiger partial charge in [-0.1, -0.05) is 0 Å². The summed E-state index contributed by atoms with van der Waals surface area (Å²) in [5.41, 5.74) is 0. The minimum atomic E-state index is -9.74. The van der Waals surface area contributed by atoms with Crippen LogP contribution in [0.1, 0.15) is 0 Å². The molecule has 0 saturated carbocycles. The zero-order valence-corrected chi connectivity index (χ0v) is 22.6. The predicted molar refractivity (Wildman–Crippen MR) is 109 cm³/mol. The first-order valence-corrected chi connectivity index (χ1v) is 15.8. The molecule has 0 amide bonds. The van der Waals surface area contributed by atoms with Gasteiger partial charge in [0.15, 0.2) is 0 Å². The van der Waals surface area contributed by atoms with Crippen molar-refractivity contribution in [3.05, 3.63) is 116 Å². The summed E-state index contributed by atoms with van der Waals surface area (Å²) in [7, 11) is 0. The Balaban J connectivity index is 2.69. The molecular weight excluding hydrogens is 738 g/mol. The quantitative estimate of drug-likeness (QED) is 0.107. The summed E-state index contributed by atoms with van der Waals surface area (Å²) in [5, 5.41) is 0. The van der Waals surface area contributed by atoms with Crippen LogP contribution in [0.2, 0.25) is 0 Å². The first kappa shape index (κ1) is 34.0. The zero-order chi connectivity index (χ0) is 34.4. The molecule has 21 heteroatoms. The summed E-state index contributed by atoms with van der Waals surface area (Å²) < 4.78 is 281. The second kappa shape index (κ2) is 11.2. The van der Waals surface area contributed by atoms with E-state index in [1.165, 1.54) is 0 Å². The molecule has 0 aliphatic heterocycles. The number of hydrogen-bond acceptors (Lipinski definition) is 0. The Hall–Kier alpha value is -3.88. The molecule has 0 heterocycles. The minimum absolute atomic E-state index is 3.32. The Morgan fingerprint density at radius 1 is 0.156 bits per heavy atom. The van der Waals surface area contributed by atoms with Crippen LogP contribution in [-0.2, 0) is 0 Å². The van der Waals surface area contributed by atoms with Crippen molar-refractivity contribution in [1.29, 1.82) is 0 Å². The van der Waals surface area contributed by atoms with E-state index in [1.807, 2.05) is 0 Å². The van der Waals surface area contributed by atoms with Crippen LogP contribution >= 0.6 is 0 Å². The van der Waals surface area contributed by atoms with E-state index < -0.39 is 148 Å². The molecule has 4 aromatic carbocycles. The molecule has 240 valence electrons. The second-order valence-corrected chi connectivity index (χ2v) is 17.3. The molecule has 4 rings (SSSR count). The summed E-state index contributed by atoms with van der Waals surface area (Å²) in [6, 6.07) is 0. The molecule has 0 aliphatic carbocycles. The van der Waals surface area contributed by atoms with Crippen molar-refractivity contribution >= 4 is 31.5 Å². The van der Waals surface area contributed by atoms with Crippen LogP contribution in [-0.4, -0.2) is 15.0 Å². The van der Waals surface area contributed by atoms with Crippen LogP contribution < -0.4 is 16.5 Å². The average Bonchev–Trinajstić information content (AvgIpc) is 3.00. The van der Waals surface area contributed by atoms with Crippen molar-refractivity contribution in [3.63, 3.8) is 0 Å². The molecule has 0 N–H and O–H groups in total. The zero-order valence-electron chi connectivity index (χ0n) is 20.1. The van der Waals surface area contributed by atoms with Gasteiger partial charge in [-0.2, -0.15) is 0 Å². The van der Waals surface area contributed by atoms with E-state index in [9.17, 15) is 52.7 Å². The van der Waals surface area contributed by atoms with Crippen molar-refractivity contribution in [2.24, 2.45) is 0 Å². The first-order valence-electron chi connectivity index (χ1n) is 10.9. The fourth-order valence-corrected chi connectivity index (χ4v) is 17.0. The maximum atomic E-state index is 15.4. The van der Waals surface area contributed by atoms with E-state index in [-0.39, 0.29) is 0 Å². The van der Waals surface area contributed by atoms with Gasteiger partial charge in [0.25, 0.3) is 0 Å². The van der Waals surface area contributed by atoms with Crippen LogP contribution in [0.25, 0.3) is 0 Å². The monoisotopic (exact) mass is 737 g/mol. The molecule has 0 spiro atoms. The topological polar surface area (TPSA) is 0 Å². The van der Waals surface area contributed by atoms with Crippen molar-refractivity contribution in [1.82, 2.24) is 0 Å². The molecule has 0 bridgehead atoms. The van der Waals surface area contributed by atoms with E-state index in [2.05, 4.69) is 0 Å². The molecular formula is C24F20Ga-. The normalized spacial score (nSPS) is 12.0. The molecule has 45 heavy (non-hydrogen) atoms. The van der Waals surface area contributed by atoms with Crippen molar-refractivity contribution in [3.8, 4) is 0 Å². The van der Waals surface area contributed by atoms with Gasteiger partial charge in [0.2, 0.25) is 0 Å². The van der Waals surface area contributed by atoms with Gasteiger partial charge < -0.3 is 0 Å². The summed E-state index contributed by atoms with van der Waals surface area (Å²) in [4.78, 5) is 0. The van der Waals surface area contributed by atoms with Crippen LogP contribution in [0.5, 0.6) is 0 Å². The molecule has 0 aliphatic rings. The number of hydrogen-bond donors (Lipinski definition) is 0. The Bertz CT molecular complexity index is 1570. The van der Waals surface area contributed by atoms with Crippen molar-refractivity contribution in [2.75, 3.05) is 0 Å². The molecule has 0 unspecified atom stereocenters. The van der Waals surface area contributed by atoms with Gasteiger partial charge in [-0.25, -0.2) is 0 Å². The van der Waals surface area contributed by atoms with Gasteiger partial charge in [0.05, 0.1) is 0 Å². The average molecular weight is 738 g/mol. The van der Waals surface area contributed by atoms with Crippen LogP contribution in [0.3, 0.4) is 0 Å². The number of benzene rings is 4. The molecule has 0 saturated heterocycles. The van der Waals surface area contributed by atoms with Gasteiger partial charge in [0, 0.05) is 0 Å². The number of halogens is 20. The SMILES string of the molecule is Fc1c(F)c(F)[c]([Ga-]([c]2c(F)c(F)c(F)c(F)c2F)([c]2c(F)c(F)c(F)c(F)c2F)[c]2c(F)c(F)c(F)c(F)c2F)c(F)c1F. The maximum absolute atomic E-state index is 15.4. The Morgan fingerprint density at radius 2 is 0.244 bits per heavy atom. The van der Waals surface area contributed by atoms with E-state index in [0.717, 1.165) is 0 Å². The standard InChI is InChI=1S/4C6F5.Ga/c4*7-2-1-3(8)5(10)6(11)4(2)9;/q;;;;-1. The molecule has 0 nitrogen and oxygen atoms in total. The molecule has 0 radical (unpaired) electrons. The van der Waals surface area contributed by atoms with Gasteiger partial charge in [-0.15, -0.1) is 0 Å². The van der Waals surface area contributed by atoms with Crippen LogP contribution in [0, 0.1) is 116 Å². The van der Waals surface area contributed by atoms with Crippen molar-refractivity contribution in [2.45, 2.75) is 0 Å². The third kappa shape index (κ3) is 4.32. The first-order chi connectivity index (χ1) is 20.7. The third-order valence-corrected chi connectivity index (χ3v) is 18.2. The molecule has 0 aromatic heterocycles. The fourth-order valence-electron chi connectivity index (χ4n) is 4.87. The Kier molecular flexibility index (Phi) is 8.44. The molecule has 0 atom stereocenters. The summed E-state index contributed by atoms with van der Waals surface area (Å²) in [6.45, 7) is 0. The van der Waals surface area contributed by atoms with E-state index >= 15 is 35.1 Å². The Labute approximate surface area is 236 Å². The summed E-state index contributed by atoms with van der Waals surface area (Å²) in [5.74, 6) is -70.5. The second-order valence-electron chi connectivity index (χ2n) is 8.80. The van der Waals surface area contributed by atoms with Gasteiger partial charge in [-0.3, -0.25) is 0 Å². The summed E-state index contributed by atoms with van der Waals surface area (Å²) in [6.07, 6.45) is 0. The van der Waals surface area contributed by atoms with Gasteiger partial charge >= 0.3 is 236 Å². The Morgan fingerprint density at radius 3 is 0.356 bits per heavy atom. The molecule has 0 fully saturated rings. The molecule has 4 aromatic rings. The fraction of sp³-hybridized carbons (Fsp3) is 0. The van der Waals surface area contributed by atoms with E-state index in [0.29, 0.717) is 0 Å². The summed E-state index contributed by atoms with van der Waals surface area (Å²) >= 11 is -9.74. The van der Waals surface area contributed by atoms with E-state index in [1.54, 1.807) is 0 Å². The third-order valence-electron chi connectivity index (χ3n) is 6.71. The van der Waals surface area contributed by atoms with E-state index in [4.69, 9.17) is 0 Å². The predicted octanol–water partition coefficient (Wildman–Crippen LogP) is 5.85. The van der Waals surface area contributed by atoms with Gasteiger partial charge in [-0.05, 0) is 0 Å². The van der Waals surface area contributed by atoms with Crippen LogP contribution in [0.15, 0.2) is 0 Å². The van der Waals surface area contributed by atoms with Crippen LogP contribution in [0.4, 0.5) is 87.8 Å². The van der Waals surface area contributed by atoms with Gasteiger partial charge in [0.1, 0.15) is 0 Å². The van der Waals surface area contributed by atoms with Crippen molar-refractivity contribution < 1.29 is 87.8 Å².